The summed E-state index contributed by atoms with van der Waals surface area (Å²) >= 11 is 1.58. The average Bonchev–Trinajstić information content (AvgIpc) is 2.77. The van der Waals surface area contributed by atoms with Crippen molar-refractivity contribution < 1.29 is 13.2 Å². The van der Waals surface area contributed by atoms with E-state index in [1.807, 2.05) is 24.5 Å². The number of sulfonamides is 1. The number of fused-ring (bicyclic) bond motifs is 1. The number of amides is 1. The minimum Gasteiger partial charge on any atom is -0.371 e. The van der Waals surface area contributed by atoms with Crippen LogP contribution in [0, 0.1) is 0 Å². The Morgan fingerprint density at radius 2 is 1.97 bits per heavy atom. The number of carbonyl (C=O) groups is 1. The van der Waals surface area contributed by atoms with Crippen molar-refractivity contribution in [1.82, 2.24) is 9.71 Å². The molecule has 9 heteroatoms. The maximum absolute atomic E-state index is 13.0. The topological polar surface area (TPSA) is 91.4 Å². The molecule has 7 nitrogen and oxygen atoms in total. The Bertz CT molecular complexity index is 975. The molecular formula is C21H30N4O3S2. The predicted molar refractivity (Wildman–Crippen MR) is 126 cm³/mol. The quantitative estimate of drug-likeness (QED) is 0.610. The van der Waals surface area contributed by atoms with E-state index in [1.54, 1.807) is 31.1 Å². The first-order chi connectivity index (χ1) is 14.4. The van der Waals surface area contributed by atoms with Crippen molar-refractivity contribution >= 4 is 49.8 Å². The van der Waals surface area contributed by atoms with E-state index in [-0.39, 0.29) is 11.7 Å². The van der Waals surface area contributed by atoms with Gasteiger partial charge in [-0.15, -0.1) is 0 Å². The van der Waals surface area contributed by atoms with Crippen LogP contribution in [-0.4, -0.2) is 56.2 Å². The second-order valence-electron chi connectivity index (χ2n) is 7.45. The highest BCUT2D eigenvalue weighted by molar-refractivity contribution is 7.98. The fourth-order valence-electron chi connectivity index (χ4n) is 3.69. The zero-order valence-electron chi connectivity index (χ0n) is 17.6. The van der Waals surface area contributed by atoms with Gasteiger partial charge in [0.05, 0.1) is 11.4 Å². The third-order valence-corrected chi connectivity index (χ3v) is 7.43. The van der Waals surface area contributed by atoms with Gasteiger partial charge in [0.2, 0.25) is 15.9 Å². The molecule has 2 N–H and O–H groups in total. The van der Waals surface area contributed by atoms with Crippen LogP contribution in [0.5, 0.6) is 0 Å². The van der Waals surface area contributed by atoms with E-state index in [2.05, 4.69) is 19.9 Å². The maximum Gasteiger partial charge on any atom is 0.242 e. The van der Waals surface area contributed by atoms with Crippen molar-refractivity contribution in [2.45, 2.75) is 38.6 Å². The van der Waals surface area contributed by atoms with Gasteiger partial charge >= 0.3 is 0 Å². The molecular weight excluding hydrogens is 420 g/mol. The summed E-state index contributed by atoms with van der Waals surface area (Å²) in [6, 6.07) is 5.10. The Morgan fingerprint density at radius 1 is 1.20 bits per heavy atom. The molecule has 0 bridgehead atoms. The number of nitrogens with zero attached hydrogens (tertiary/aromatic N) is 2. The number of aromatic nitrogens is 1. The van der Waals surface area contributed by atoms with Crippen LogP contribution in [0.15, 0.2) is 30.6 Å². The van der Waals surface area contributed by atoms with E-state index < -0.39 is 16.1 Å². The fraction of sp³-hybridized carbons (Fsp3) is 0.524. The lowest BCUT2D eigenvalue weighted by Gasteiger charge is -2.30. The minimum absolute atomic E-state index is 0.0621. The molecule has 2 aromatic rings. The maximum atomic E-state index is 13.0. The average molecular weight is 451 g/mol. The first-order valence-electron chi connectivity index (χ1n) is 10.4. The molecule has 2 heterocycles. The smallest absolute Gasteiger partial charge is 0.242 e. The van der Waals surface area contributed by atoms with Crippen molar-refractivity contribution in [3.8, 4) is 0 Å². The number of hydrogen-bond donors (Lipinski definition) is 2. The summed E-state index contributed by atoms with van der Waals surface area (Å²) in [5, 5.41) is 4.84. The molecule has 1 unspecified atom stereocenters. The number of rotatable bonds is 9. The zero-order chi connectivity index (χ0) is 21.6. The molecule has 0 radical (unpaired) electrons. The number of hydrogen-bond acceptors (Lipinski definition) is 6. The van der Waals surface area contributed by atoms with E-state index in [0.29, 0.717) is 17.9 Å². The summed E-state index contributed by atoms with van der Waals surface area (Å²) in [6.07, 6.45) is 9.49. The standard InChI is InChI=1S/C21H30N4O3S2/c1-3-30(27,28)24-19(10-14-29-2)21(26)23-18-7-8-20(25-12-5-4-6-13-25)16-9-11-22-15-17(16)18/h7-9,11,15,19,24H,3-6,10,12-14H2,1-2H3,(H,23,26). The number of benzene rings is 1. The summed E-state index contributed by atoms with van der Waals surface area (Å²) in [6.45, 7) is 3.61. The highest BCUT2D eigenvalue weighted by Gasteiger charge is 2.24. The Labute approximate surface area is 183 Å². The van der Waals surface area contributed by atoms with Crippen LogP contribution in [0.25, 0.3) is 10.8 Å². The number of nitrogens with one attached hydrogen (secondary N) is 2. The molecule has 1 atom stereocenters. The lowest BCUT2D eigenvalue weighted by Crippen LogP contribution is -2.44. The van der Waals surface area contributed by atoms with Crippen molar-refractivity contribution in [1.29, 1.82) is 0 Å². The van der Waals surface area contributed by atoms with E-state index >= 15 is 0 Å². The molecule has 0 aliphatic carbocycles. The second kappa shape index (κ2) is 10.5. The second-order valence-corrected chi connectivity index (χ2v) is 10.5. The molecule has 1 fully saturated rings. The molecule has 1 aliphatic rings. The van der Waals surface area contributed by atoms with Crippen LogP contribution >= 0.6 is 11.8 Å². The number of piperidine rings is 1. The van der Waals surface area contributed by atoms with Gasteiger partial charge in [-0.3, -0.25) is 9.78 Å². The fourth-order valence-corrected chi connectivity index (χ4v) is 4.99. The molecule has 1 aliphatic heterocycles. The van der Waals surface area contributed by atoms with Gasteiger partial charge in [-0.2, -0.15) is 11.8 Å². The SMILES string of the molecule is CCS(=O)(=O)NC(CCSC)C(=O)Nc1ccc(N2CCCCC2)c2ccncc12. The Kier molecular flexibility index (Phi) is 7.96. The van der Waals surface area contributed by atoms with Gasteiger partial charge in [-0.1, -0.05) is 0 Å². The van der Waals surface area contributed by atoms with Crippen molar-refractivity contribution in [3.05, 3.63) is 30.6 Å². The molecule has 164 valence electrons. The molecule has 3 rings (SSSR count). The van der Waals surface area contributed by atoms with Crippen LogP contribution in [0.4, 0.5) is 11.4 Å². The van der Waals surface area contributed by atoms with Gasteiger partial charge in [-0.25, -0.2) is 13.1 Å². The first-order valence-corrected chi connectivity index (χ1v) is 13.4. The summed E-state index contributed by atoms with van der Waals surface area (Å²) in [5.74, 6) is 0.269. The van der Waals surface area contributed by atoms with Crippen molar-refractivity contribution in [2.75, 3.05) is 41.1 Å². The summed E-state index contributed by atoms with van der Waals surface area (Å²) in [4.78, 5) is 19.6. The molecule has 1 aromatic heterocycles. The zero-order valence-corrected chi connectivity index (χ0v) is 19.2. The third kappa shape index (κ3) is 5.65. The molecule has 30 heavy (non-hydrogen) atoms. The first kappa shape index (κ1) is 22.8. The van der Waals surface area contributed by atoms with Gasteiger partial charge in [0.1, 0.15) is 6.04 Å². The van der Waals surface area contributed by atoms with Gasteiger partial charge in [0.15, 0.2) is 0 Å². The highest BCUT2D eigenvalue weighted by atomic mass is 32.2. The van der Waals surface area contributed by atoms with Gasteiger partial charge < -0.3 is 10.2 Å². The van der Waals surface area contributed by atoms with Crippen LogP contribution in [-0.2, 0) is 14.8 Å². The number of pyridine rings is 1. The van der Waals surface area contributed by atoms with Crippen molar-refractivity contribution in [3.63, 3.8) is 0 Å². The summed E-state index contributed by atoms with van der Waals surface area (Å²) in [7, 11) is -3.49. The van der Waals surface area contributed by atoms with E-state index in [1.165, 1.54) is 19.3 Å². The van der Waals surface area contributed by atoms with Gasteiger partial charge in [0.25, 0.3) is 0 Å². The Morgan fingerprint density at radius 3 is 2.67 bits per heavy atom. The molecule has 0 saturated carbocycles. The van der Waals surface area contributed by atoms with Crippen LogP contribution in [0.1, 0.15) is 32.6 Å². The number of carbonyl (C=O) groups excluding carboxylic acids is 1. The number of thioether (sulfide) groups is 1. The van der Waals surface area contributed by atoms with E-state index in [4.69, 9.17) is 0 Å². The molecule has 1 saturated heterocycles. The van der Waals surface area contributed by atoms with Crippen LogP contribution in [0.2, 0.25) is 0 Å². The monoisotopic (exact) mass is 450 g/mol. The molecule has 1 amide bonds. The number of anilines is 2. The highest BCUT2D eigenvalue weighted by Crippen LogP contribution is 2.33. The largest absolute Gasteiger partial charge is 0.371 e. The van der Waals surface area contributed by atoms with Crippen molar-refractivity contribution in [2.24, 2.45) is 0 Å². The minimum atomic E-state index is -3.49. The molecule has 0 spiro atoms. The summed E-state index contributed by atoms with van der Waals surface area (Å²) < 4.78 is 26.6. The predicted octanol–water partition coefficient (Wildman–Crippen LogP) is 3.22. The lowest BCUT2D eigenvalue weighted by atomic mass is 10.0. The van der Waals surface area contributed by atoms with Gasteiger partial charge in [-0.05, 0) is 62.8 Å². The third-order valence-electron chi connectivity index (χ3n) is 5.38. The normalized spacial score (nSPS) is 15.9. The van der Waals surface area contributed by atoms with Crippen LogP contribution in [0.3, 0.4) is 0 Å². The summed E-state index contributed by atoms with van der Waals surface area (Å²) in [5.41, 5.74) is 1.80. The Balaban J connectivity index is 1.87. The van der Waals surface area contributed by atoms with E-state index in [9.17, 15) is 13.2 Å². The molecule has 1 aromatic carbocycles. The Hall–Kier alpha value is -1.84. The van der Waals surface area contributed by atoms with Crippen LogP contribution < -0.4 is 14.9 Å². The lowest BCUT2D eigenvalue weighted by molar-refractivity contribution is -0.117. The van der Waals surface area contributed by atoms with E-state index in [0.717, 1.165) is 29.5 Å². The van der Waals surface area contributed by atoms with Gasteiger partial charge in [0, 0.05) is 41.9 Å².